The molecule has 3 unspecified atom stereocenters. The SMILES string of the molecule is CCOC(=O)C1=C([O-])CC(C)(O)C(C(=O)OCC)C1c1ccc(Br)cc1. The molecule has 0 fully saturated rings. The van der Waals surface area contributed by atoms with Gasteiger partial charge in [-0.3, -0.25) is 4.79 Å². The first-order chi connectivity index (χ1) is 12.2. The van der Waals surface area contributed by atoms with Crippen LogP contribution < -0.4 is 5.11 Å². The van der Waals surface area contributed by atoms with Crippen LogP contribution in [0.3, 0.4) is 0 Å². The number of esters is 2. The van der Waals surface area contributed by atoms with Crippen molar-refractivity contribution in [2.75, 3.05) is 13.2 Å². The Morgan fingerprint density at radius 2 is 1.81 bits per heavy atom. The maximum Gasteiger partial charge on any atom is 0.333 e. The summed E-state index contributed by atoms with van der Waals surface area (Å²) in [4.78, 5) is 25.1. The van der Waals surface area contributed by atoms with Gasteiger partial charge < -0.3 is 19.7 Å². The molecule has 0 amide bonds. The maximum atomic E-state index is 12.6. The van der Waals surface area contributed by atoms with Gasteiger partial charge in [-0.2, -0.15) is 0 Å². The van der Waals surface area contributed by atoms with Crippen molar-refractivity contribution in [1.29, 1.82) is 0 Å². The molecule has 1 aliphatic rings. The molecule has 2 rings (SSSR count). The predicted octanol–water partition coefficient (Wildman–Crippen LogP) is 2.04. The highest BCUT2D eigenvalue weighted by Gasteiger charge is 2.50. The van der Waals surface area contributed by atoms with Gasteiger partial charge in [-0.15, -0.1) is 5.76 Å². The highest BCUT2D eigenvalue weighted by molar-refractivity contribution is 9.10. The summed E-state index contributed by atoms with van der Waals surface area (Å²) >= 11 is 3.34. The summed E-state index contributed by atoms with van der Waals surface area (Å²) in [6.45, 7) is 4.94. The Labute approximate surface area is 160 Å². The minimum absolute atomic E-state index is 0.100. The number of rotatable bonds is 5. The quantitative estimate of drug-likeness (QED) is 0.725. The molecule has 26 heavy (non-hydrogen) atoms. The Kier molecular flexibility index (Phi) is 6.47. The van der Waals surface area contributed by atoms with Crippen molar-refractivity contribution >= 4 is 27.9 Å². The van der Waals surface area contributed by atoms with Crippen LogP contribution in [-0.4, -0.2) is 35.9 Å². The van der Waals surface area contributed by atoms with E-state index in [4.69, 9.17) is 9.47 Å². The van der Waals surface area contributed by atoms with E-state index in [9.17, 15) is 19.8 Å². The number of hydrogen-bond donors (Lipinski definition) is 1. The summed E-state index contributed by atoms with van der Waals surface area (Å²) in [5.74, 6) is -3.99. The van der Waals surface area contributed by atoms with Gasteiger partial charge in [0, 0.05) is 16.0 Å². The predicted molar refractivity (Wildman–Crippen MR) is 95.9 cm³/mol. The average Bonchev–Trinajstić information content (AvgIpc) is 2.54. The molecule has 0 bridgehead atoms. The molecule has 142 valence electrons. The minimum atomic E-state index is -1.64. The van der Waals surface area contributed by atoms with Gasteiger partial charge in [0.15, 0.2) is 0 Å². The highest BCUT2D eigenvalue weighted by Crippen LogP contribution is 2.46. The Morgan fingerprint density at radius 3 is 2.35 bits per heavy atom. The Bertz CT molecular complexity index is 707. The number of hydrogen-bond acceptors (Lipinski definition) is 6. The molecule has 7 heteroatoms. The van der Waals surface area contributed by atoms with Crippen molar-refractivity contribution in [2.24, 2.45) is 5.92 Å². The summed E-state index contributed by atoms with van der Waals surface area (Å²) in [6.07, 6.45) is -0.350. The molecule has 0 radical (unpaired) electrons. The van der Waals surface area contributed by atoms with E-state index in [2.05, 4.69) is 15.9 Å². The third-order valence-corrected chi connectivity index (χ3v) is 4.93. The molecule has 1 aliphatic carbocycles. The smallest absolute Gasteiger partial charge is 0.333 e. The topological polar surface area (TPSA) is 95.9 Å². The van der Waals surface area contributed by atoms with Crippen LogP contribution in [0.2, 0.25) is 0 Å². The van der Waals surface area contributed by atoms with Crippen molar-refractivity contribution in [3.05, 3.63) is 45.6 Å². The number of aliphatic hydroxyl groups is 1. The Hall–Kier alpha value is -1.86. The van der Waals surface area contributed by atoms with Gasteiger partial charge in [-0.05, 0) is 44.9 Å². The Balaban J connectivity index is 2.65. The standard InChI is InChI=1S/C19H23BrO6/c1-4-25-17(22)15-13(21)10-19(3,24)16(18(23)26-5-2)14(15)11-6-8-12(20)9-7-11/h6-9,14,16,21,24H,4-5,10H2,1-3H3/p-1. The molecule has 6 nitrogen and oxygen atoms in total. The molecule has 0 heterocycles. The fraction of sp³-hybridized carbons (Fsp3) is 0.474. The van der Waals surface area contributed by atoms with Crippen LogP contribution >= 0.6 is 15.9 Å². The van der Waals surface area contributed by atoms with E-state index < -0.39 is 35.1 Å². The number of carbonyl (C=O) groups is 2. The zero-order valence-corrected chi connectivity index (χ0v) is 16.5. The van der Waals surface area contributed by atoms with E-state index in [1.807, 2.05) is 0 Å². The lowest BCUT2D eigenvalue weighted by Crippen LogP contribution is -2.50. The van der Waals surface area contributed by atoms with E-state index in [1.54, 1.807) is 38.1 Å². The number of ether oxygens (including phenoxy) is 2. The number of halogens is 1. The van der Waals surface area contributed by atoms with Gasteiger partial charge in [0.05, 0.1) is 24.7 Å². The second-order valence-corrected chi connectivity index (χ2v) is 7.27. The summed E-state index contributed by atoms with van der Waals surface area (Å²) in [6, 6.07) is 6.89. The summed E-state index contributed by atoms with van der Waals surface area (Å²) in [5, 5.41) is 23.5. The van der Waals surface area contributed by atoms with Gasteiger partial charge >= 0.3 is 11.9 Å². The normalized spacial score (nSPS) is 25.7. The summed E-state index contributed by atoms with van der Waals surface area (Å²) < 4.78 is 11.0. The molecule has 0 saturated carbocycles. The first-order valence-corrected chi connectivity index (χ1v) is 9.23. The monoisotopic (exact) mass is 425 g/mol. The zero-order chi connectivity index (χ0) is 19.5. The van der Waals surface area contributed by atoms with E-state index >= 15 is 0 Å². The summed E-state index contributed by atoms with van der Waals surface area (Å²) in [7, 11) is 0. The second kappa shape index (κ2) is 8.22. The van der Waals surface area contributed by atoms with Gasteiger partial charge in [0.25, 0.3) is 0 Å². The van der Waals surface area contributed by atoms with Crippen molar-refractivity contribution in [3.63, 3.8) is 0 Å². The van der Waals surface area contributed by atoms with Crippen molar-refractivity contribution in [1.82, 2.24) is 0 Å². The minimum Gasteiger partial charge on any atom is -0.875 e. The first-order valence-electron chi connectivity index (χ1n) is 8.44. The van der Waals surface area contributed by atoms with Gasteiger partial charge in [-0.25, -0.2) is 4.79 Å². The lowest BCUT2D eigenvalue weighted by atomic mass is 9.66. The van der Waals surface area contributed by atoms with Crippen LogP contribution in [0.5, 0.6) is 0 Å². The molecule has 1 aromatic carbocycles. The Morgan fingerprint density at radius 1 is 1.23 bits per heavy atom. The van der Waals surface area contributed by atoms with Crippen molar-refractivity contribution < 1.29 is 29.3 Å². The average molecular weight is 426 g/mol. The molecule has 0 aliphatic heterocycles. The van der Waals surface area contributed by atoms with E-state index in [1.165, 1.54) is 6.92 Å². The fourth-order valence-electron chi connectivity index (χ4n) is 3.33. The van der Waals surface area contributed by atoms with E-state index in [-0.39, 0.29) is 25.2 Å². The van der Waals surface area contributed by atoms with Gasteiger partial charge in [-0.1, -0.05) is 28.1 Å². The molecule has 0 saturated heterocycles. The fourth-order valence-corrected chi connectivity index (χ4v) is 3.59. The van der Waals surface area contributed by atoms with Crippen molar-refractivity contribution in [3.8, 4) is 0 Å². The van der Waals surface area contributed by atoms with Crippen LogP contribution in [0.25, 0.3) is 0 Å². The largest absolute Gasteiger partial charge is 0.875 e. The van der Waals surface area contributed by atoms with Crippen LogP contribution in [0, 0.1) is 5.92 Å². The first kappa shape index (κ1) is 20.5. The molecule has 3 atom stereocenters. The van der Waals surface area contributed by atoms with Crippen LogP contribution in [0.4, 0.5) is 0 Å². The molecule has 0 aromatic heterocycles. The van der Waals surface area contributed by atoms with Crippen LogP contribution in [0.1, 0.15) is 38.7 Å². The highest BCUT2D eigenvalue weighted by atomic mass is 79.9. The maximum absolute atomic E-state index is 12.6. The number of carbonyl (C=O) groups excluding carboxylic acids is 2. The van der Waals surface area contributed by atoms with Crippen LogP contribution in [0.15, 0.2) is 40.1 Å². The number of benzene rings is 1. The molecule has 0 spiro atoms. The van der Waals surface area contributed by atoms with Gasteiger partial charge in [0.2, 0.25) is 0 Å². The molecular formula is C19H22BrO6-. The lowest BCUT2D eigenvalue weighted by molar-refractivity contribution is -0.317. The third-order valence-electron chi connectivity index (χ3n) is 4.40. The summed E-state index contributed by atoms with van der Waals surface area (Å²) in [5.41, 5.74) is -1.21. The van der Waals surface area contributed by atoms with Crippen LogP contribution in [-0.2, 0) is 19.1 Å². The van der Waals surface area contributed by atoms with Crippen molar-refractivity contribution in [2.45, 2.75) is 38.7 Å². The lowest BCUT2D eigenvalue weighted by Gasteiger charge is -2.44. The third kappa shape index (κ3) is 4.10. The molecule has 1 N–H and O–H groups in total. The second-order valence-electron chi connectivity index (χ2n) is 6.35. The van der Waals surface area contributed by atoms with E-state index in [0.29, 0.717) is 5.56 Å². The van der Waals surface area contributed by atoms with Gasteiger partial charge in [0.1, 0.15) is 0 Å². The molecule has 1 aromatic rings. The molecular weight excluding hydrogens is 404 g/mol. The van der Waals surface area contributed by atoms with E-state index in [0.717, 1.165) is 4.47 Å². The zero-order valence-electron chi connectivity index (χ0n) is 15.0.